The van der Waals surface area contributed by atoms with Crippen molar-refractivity contribution in [3.63, 3.8) is 0 Å². The Morgan fingerprint density at radius 3 is 0.957 bits per heavy atom. The van der Waals surface area contributed by atoms with Gasteiger partial charge in [0.05, 0.1) is 143 Å². The molecule has 0 aliphatic heterocycles. The Morgan fingerprint density at radius 1 is 0.341 bits per heavy atom. The largest absolute Gasteiger partial charge is 0.489 e. The lowest BCUT2D eigenvalue weighted by Crippen LogP contribution is -2.29. The van der Waals surface area contributed by atoms with E-state index in [-0.39, 0.29) is 60.1 Å². The van der Waals surface area contributed by atoms with Gasteiger partial charge in [-0.2, -0.15) is 4.98 Å². The van der Waals surface area contributed by atoms with Crippen molar-refractivity contribution in [3.8, 4) is 74.4 Å². The molecule has 7 fully saturated rings. The lowest BCUT2D eigenvalue weighted by Gasteiger charge is -2.27. The molecule has 19 rings (SSSR count). The van der Waals surface area contributed by atoms with Crippen molar-refractivity contribution in [2.24, 2.45) is 51.9 Å². The first kappa shape index (κ1) is 96.7. The fraction of sp³-hybridized carbons (Fsp3) is 0.505. The fourth-order valence-corrected chi connectivity index (χ4v) is 17.7. The zero-order chi connectivity index (χ0) is 96.6. The van der Waals surface area contributed by atoms with Crippen molar-refractivity contribution in [2.75, 3.05) is 21.3 Å². The number of aromatic nitrogens is 24. The zero-order valence-electron chi connectivity index (χ0n) is 79.5. The average molecular weight is 1890 g/mol. The van der Waals surface area contributed by atoms with E-state index >= 15 is 0 Å². The summed E-state index contributed by atoms with van der Waals surface area (Å²) in [6, 6.07) is 22.6. The van der Waals surface area contributed by atoms with Gasteiger partial charge >= 0.3 is 23.9 Å². The second-order valence-corrected chi connectivity index (χ2v) is 36.8. The van der Waals surface area contributed by atoms with Gasteiger partial charge in [-0.3, -0.25) is 19.2 Å². The second-order valence-electron chi connectivity index (χ2n) is 36.8. The molecule has 8 N–H and O–H groups in total. The van der Waals surface area contributed by atoms with E-state index in [1.807, 2.05) is 123 Å². The van der Waals surface area contributed by atoms with Crippen LogP contribution in [0.3, 0.4) is 0 Å². The highest BCUT2D eigenvalue weighted by Crippen LogP contribution is 2.41. The Labute approximate surface area is 798 Å². The Kier molecular flexibility index (Phi) is 31.2. The molecule has 7 aliphatic rings. The number of ether oxygens (including phenoxy) is 5. The molecule has 138 heavy (non-hydrogen) atoms. The van der Waals surface area contributed by atoms with E-state index in [1.54, 1.807) is 49.6 Å². The summed E-state index contributed by atoms with van der Waals surface area (Å²) in [4.78, 5) is 99.9. The van der Waals surface area contributed by atoms with E-state index in [9.17, 15) is 39.6 Å². The van der Waals surface area contributed by atoms with E-state index in [0.29, 0.717) is 182 Å². The number of nitrogens with zero attached hydrogens (tertiary/aromatic N) is 24. The van der Waals surface area contributed by atoms with Crippen molar-refractivity contribution in [2.45, 2.75) is 264 Å². The summed E-state index contributed by atoms with van der Waals surface area (Å²) >= 11 is 0. The summed E-state index contributed by atoms with van der Waals surface area (Å²) in [7, 11) is 7.37. The number of carboxylic acid groups (broad SMARTS) is 4. The van der Waals surface area contributed by atoms with Gasteiger partial charge in [-0.1, -0.05) is 41.1 Å². The fourth-order valence-electron chi connectivity index (χ4n) is 17.7. The zero-order valence-corrected chi connectivity index (χ0v) is 79.5. The highest BCUT2D eigenvalue weighted by molar-refractivity contribution is 5.72. The molecular weight excluding hydrogens is 1770 g/mol. The van der Waals surface area contributed by atoms with Crippen LogP contribution >= 0.6 is 0 Å². The maximum Gasteiger partial charge on any atom is 0.306 e. The molecule has 12 heterocycles. The molecule has 7 aliphatic carbocycles. The maximum atomic E-state index is 11.4. The SMILES string of the molecule is Cc1nc(-c2nnn(C)c2CNc2ccnc(C(C)C)n2)ccc1O[C@H]1CCC[C@H](C(=O)O)C1.Cc1nc(-c2nnn(C)c2CNc2nccc(C3CC3)n2)ccc1O[C@H]1CCC[C@H](C(=O)O)C1.Cc1nc(-c2nnn(C)c2CNc2nccc(C3CCC3)n2)ccc1O[C@H]1CCC[C@H](C(=O)O)C1.Cc1nc(-c2nnn(C)c2CNc2nccc(OC3CC3)n2)ccc1O[C@H]1CCC[C@H](C(=O)O)C1. The van der Waals surface area contributed by atoms with E-state index in [0.717, 1.165) is 133 Å². The van der Waals surface area contributed by atoms with Crippen LogP contribution in [0.15, 0.2) is 97.6 Å². The van der Waals surface area contributed by atoms with Crippen LogP contribution in [-0.2, 0) is 73.5 Å². The molecule has 0 spiro atoms. The highest BCUT2D eigenvalue weighted by Gasteiger charge is 2.35. The van der Waals surface area contributed by atoms with Crippen molar-refractivity contribution < 1.29 is 63.3 Å². The number of anilines is 4. The molecule has 0 unspecified atom stereocenters. The molecule has 0 radical (unpaired) electrons. The summed E-state index contributed by atoms with van der Waals surface area (Å²) in [6.07, 6.45) is 26.8. The number of carbonyl (C=O) groups is 4. The van der Waals surface area contributed by atoms with Crippen LogP contribution in [0.4, 0.5) is 23.7 Å². The molecule has 0 aromatic carbocycles. The van der Waals surface area contributed by atoms with Gasteiger partial charge in [0.15, 0.2) is 0 Å². The van der Waals surface area contributed by atoms with Crippen molar-refractivity contribution in [1.29, 1.82) is 0 Å². The van der Waals surface area contributed by atoms with Gasteiger partial charge in [-0.05, 0) is 236 Å². The lowest BCUT2D eigenvalue weighted by molar-refractivity contribution is -0.144. The minimum atomic E-state index is -0.750. The molecular formula is C97H120N28O13. The standard InChI is InChI=1S/C25H31N7O3.C24H29N7O4.C24H29N7O3.C24H31N7O3/c1-15-22(35-18-8-4-7-17(13-18)24(33)34)10-9-20(28-15)23-21(32(2)31-30-23)14-27-25-26-12-11-19(29-25)16-5-3-6-16;1-14-20(34-17-5-3-4-15(12-17)23(32)33)9-8-18(27-14)22-19(31(2)30-29-22)13-26-24-25-11-10-21(28-24)35-16-6-7-16;1-14-21(34-17-5-3-4-16(12-17)23(32)33)9-8-19(27-14)22-20(31(2)30-29-22)13-26-24-25-11-10-18(28-24)15-6-7-15;1-14(2)23-25-11-10-21(28-23)26-13-19-22(29-30-31(19)4)18-8-9-20(15(3)27-18)34-17-7-5-6-16(12-17)24(32)33/h9-12,16-18H,3-8,13-14H2,1-2H3,(H,33,34)(H,26,27,29);8-11,15-17H,3-7,12-13H2,1-2H3,(H,32,33)(H,25,26,28);8-11,15-17H,3-7,12-13H2,1-2H3,(H,32,33)(H,25,26,28);8-11,14,16-17H,5-7,12-13H2,1-4H3,(H,32,33)(H,25,26,28)/t17-,18-;15-,17-;2*16-,17-/m0000/s1. The maximum absolute atomic E-state index is 11.4. The number of hydrogen-bond donors (Lipinski definition) is 8. The van der Waals surface area contributed by atoms with Gasteiger partial charge in [0.2, 0.25) is 23.7 Å². The number of aryl methyl sites for hydroxylation is 8. The highest BCUT2D eigenvalue weighted by atomic mass is 16.5. The number of rotatable bonds is 33. The Hall–Kier alpha value is -14.4. The third-order valence-electron chi connectivity index (χ3n) is 26.2. The molecule has 0 bridgehead atoms. The normalized spacial score (nSPS) is 19.6. The predicted octanol–water partition coefficient (Wildman–Crippen LogP) is 14.2. The number of carboxylic acids is 4. The molecule has 12 aromatic rings. The first-order chi connectivity index (χ1) is 66.7. The van der Waals surface area contributed by atoms with Gasteiger partial charge in [-0.25, -0.2) is 73.6 Å². The first-order valence-electron chi connectivity index (χ1n) is 47.7. The summed E-state index contributed by atoms with van der Waals surface area (Å²) < 4.78 is 37.2. The van der Waals surface area contributed by atoms with Crippen LogP contribution in [0.2, 0.25) is 0 Å². The lowest BCUT2D eigenvalue weighted by atomic mass is 9.83. The third kappa shape index (κ3) is 25.1. The third-order valence-corrected chi connectivity index (χ3v) is 26.2. The van der Waals surface area contributed by atoms with Crippen LogP contribution in [0.25, 0.3) is 45.6 Å². The first-order valence-corrected chi connectivity index (χ1v) is 47.7. The van der Waals surface area contributed by atoms with Crippen LogP contribution in [-0.4, -0.2) is 195 Å². The molecule has 8 atom stereocenters. The number of pyridine rings is 4. The Morgan fingerprint density at radius 2 is 0.652 bits per heavy atom. The number of aliphatic carboxylic acids is 4. The molecule has 0 saturated heterocycles. The minimum absolute atomic E-state index is 0.108. The summed E-state index contributed by atoms with van der Waals surface area (Å²) in [6.45, 7) is 13.5. The summed E-state index contributed by atoms with van der Waals surface area (Å²) in [5.74, 6) is 3.44. The molecule has 726 valence electrons. The molecule has 0 amide bonds. The minimum Gasteiger partial charge on any atom is -0.489 e. The van der Waals surface area contributed by atoms with Gasteiger partial charge in [0.25, 0.3) is 0 Å². The Balaban J connectivity index is 0.000000133. The van der Waals surface area contributed by atoms with E-state index < -0.39 is 23.9 Å². The molecule has 7 saturated carbocycles. The second kappa shape index (κ2) is 44.6. The van der Waals surface area contributed by atoms with Crippen molar-refractivity contribution in [3.05, 3.63) is 160 Å². The topological polar surface area (TPSA) is 521 Å². The molecule has 41 nitrogen and oxygen atoms in total. The average Bonchev–Trinajstić information content (AvgIpc) is 1.64. The van der Waals surface area contributed by atoms with Crippen LogP contribution in [0, 0.1) is 51.4 Å². The number of nitrogens with one attached hydrogen (secondary N) is 4. The van der Waals surface area contributed by atoms with Gasteiger partial charge in [0.1, 0.15) is 63.5 Å². The van der Waals surface area contributed by atoms with Gasteiger partial charge in [0, 0.05) is 88.2 Å². The van der Waals surface area contributed by atoms with E-state index in [1.165, 1.54) is 32.1 Å². The van der Waals surface area contributed by atoms with Crippen molar-refractivity contribution in [1.82, 2.24) is 120 Å². The van der Waals surface area contributed by atoms with Crippen molar-refractivity contribution >= 4 is 47.5 Å². The van der Waals surface area contributed by atoms with Crippen LogP contribution in [0.5, 0.6) is 28.9 Å². The summed E-state index contributed by atoms with van der Waals surface area (Å²) in [5.41, 5.74) is 14.1. The summed E-state index contributed by atoms with van der Waals surface area (Å²) in [5, 5.41) is 84.6. The molecule has 12 aromatic heterocycles. The van der Waals surface area contributed by atoms with Gasteiger partial charge < -0.3 is 65.4 Å². The monoisotopic (exact) mass is 1880 g/mol. The van der Waals surface area contributed by atoms with E-state index in [4.69, 9.17) is 43.6 Å². The van der Waals surface area contributed by atoms with Gasteiger partial charge in [-0.15, -0.1) is 20.4 Å². The Bertz CT molecular complexity index is 6080. The predicted molar refractivity (Wildman–Crippen MR) is 506 cm³/mol. The quantitative estimate of drug-likeness (QED) is 0.0189. The van der Waals surface area contributed by atoms with Crippen LogP contribution < -0.4 is 45.0 Å². The van der Waals surface area contributed by atoms with E-state index in [2.05, 4.69) is 116 Å². The van der Waals surface area contributed by atoms with Crippen LogP contribution in [0.1, 0.15) is 242 Å². The molecule has 41 heteroatoms. The number of hydrogen-bond acceptors (Lipinski definition) is 33. The smallest absolute Gasteiger partial charge is 0.306 e.